The van der Waals surface area contributed by atoms with E-state index in [2.05, 4.69) is 5.43 Å². The molecule has 1 atom stereocenters. The number of carbonyl (C=O) groups excluding carboxylic acids is 2. The molecule has 0 aliphatic carbocycles. The number of Topliss-reactive ketones (excluding diaryl/α,β-unsaturated/α-hetero) is 1. The first kappa shape index (κ1) is 19.4. The Morgan fingerprint density at radius 1 is 1.16 bits per heavy atom. The molecule has 1 amide bonds. The first-order valence-electron chi connectivity index (χ1n) is 8.94. The molecule has 138 valence electrons. The quantitative estimate of drug-likeness (QED) is 0.520. The second-order valence-electron chi connectivity index (χ2n) is 6.43. The molecule has 5 nitrogen and oxygen atoms in total. The number of benzene rings is 1. The molecule has 6 heteroatoms. The Kier molecular flexibility index (Phi) is 7.85. The van der Waals surface area contributed by atoms with Crippen molar-refractivity contribution >= 4 is 11.7 Å². The number of hydrogen-bond donors (Lipinski definition) is 1. The highest BCUT2D eigenvalue weighted by Gasteiger charge is 2.22. The van der Waals surface area contributed by atoms with Crippen LogP contribution >= 0.6 is 0 Å². The monoisotopic (exact) mass is 350 g/mol. The molecule has 0 spiro atoms. The van der Waals surface area contributed by atoms with Gasteiger partial charge in [-0.3, -0.25) is 15.0 Å². The van der Waals surface area contributed by atoms with Gasteiger partial charge < -0.3 is 4.74 Å². The van der Waals surface area contributed by atoms with Crippen molar-refractivity contribution in [3.63, 3.8) is 0 Å². The van der Waals surface area contributed by atoms with Crippen LogP contribution in [0, 0.1) is 0 Å². The summed E-state index contributed by atoms with van der Waals surface area (Å²) in [5, 5.41) is 1.65. The minimum Gasteiger partial charge on any atom is -0.497 e. The molecule has 1 N–H and O–H groups in total. The van der Waals surface area contributed by atoms with Crippen molar-refractivity contribution in [1.82, 2.24) is 10.4 Å². The number of unbranched alkanes of at least 4 members (excludes halogenated alkanes) is 3. The van der Waals surface area contributed by atoms with E-state index < -0.39 is 6.17 Å². The smallest absolute Gasteiger partial charge is 0.234 e. The molecule has 0 aromatic heterocycles. The van der Waals surface area contributed by atoms with Gasteiger partial charge in [0.1, 0.15) is 11.9 Å². The number of nitrogens with one attached hydrogen (secondary N) is 1. The Morgan fingerprint density at radius 3 is 2.44 bits per heavy atom. The largest absolute Gasteiger partial charge is 0.497 e. The van der Waals surface area contributed by atoms with Gasteiger partial charge in [-0.15, -0.1) is 0 Å². The Morgan fingerprint density at radius 2 is 1.84 bits per heavy atom. The Bertz CT molecular complexity index is 562. The van der Waals surface area contributed by atoms with Gasteiger partial charge in [0, 0.05) is 31.5 Å². The molecule has 1 aromatic rings. The number of hydrogen-bond acceptors (Lipinski definition) is 4. The van der Waals surface area contributed by atoms with E-state index in [0.717, 1.165) is 31.4 Å². The topological polar surface area (TPSA) is 58.6 Å². The first-order chi connectivity index (χ1) is 12.1. The van der Waals surface area contributed by atoms with Crippen LogP contribution in [0.5, 0.6) is 5.75 Å². The molecule has 25 heavy (non-hydrogen) atoms. The third-order valence-electron chi connectivity index (χ3n) is 4.38. The van der Waals surface area contributed by atoms with Gasteiger partial charge in [0.2, 0.25) is 5.91 Å². The number of rotatable bonds is 10. The number of nitrogens with zero attached hydrogens (tertiary/aromatic N) is 1. The summed E-state index contributed by atoms with van der Waals surface area (Å²) in [4.78, 5) is 23.8. The van der Waals surface area contributed by atoms with Crippen molar-refractivity contribution in [2.45, 2.75) is 51.1 Å². The number of amides is 1. The molecule has 1 saturated heterocycles. The second kappa shape index (κ2) is 10.1. The zero-order valence-corrected chi connectivity index (χ0v) is 14.8. The van der Waals surface area contributed by atoms with Gasteiger partial charge in [-0.05, 0) is 43.5 Å². The lowest BCUT2D eigenvalue weighted by molar-refractivity contribution is -0.125. The zero-order valence-electron chi connectivity index (χ0n) is 14.8. The van der Waals surface area contributed by atoms with Gasteiger partial charge in [0.15, 0.2) is 5.78 Å². The molecule has 0 bridgehead atoms. The predicted molar refractivity (Wildman–Crippen MR) is 94.3 cm³/mol. The second-order valence-corrected chi connectivity index (χ2v) is 6.43. The highest BCUT2D eigenvalue weighted by atomic mass is 19.1. The van der Waals surface area contributed by atoms with Crippen LogP contribution in [0.25, 0.3) is 0 Å². The molecule has 1 aliphatic rings. The van der Waals surface area contributed by atoms with Crippen LogP contribution in [0.2, 0.25) is 0 Å². The van der Waals surface area contributed by atoms with Crippen LogP contribution in [-0.4, -0.2) is 43.1 Å². The van der Waals surface area contributed by atoms with E-state index in [4.69, 9.17) is 4.74 Å². The molecule has 0 radical (unpaired) electrons. The highest BCUT2D eigenvalue weighted by Crippen LogP contribution is 2.15. The normalized spacial score (nSPS) is 17.4. The maximum absolute atomic E-state index is 13.0. The summed E-state index contributed by atoms with van der Waals surface area (Å²) in [6, 6.07) is 7.15. The molecule has 1 aromatic carbocycles. The van der Waals surface area contributed by atoms with Crippen molar-refractivity contribution < 1.29 is 18.7 Å². The van der Waals surface area contributed by atoms with E-state index in [1.54, 1.807) is 36.4 Å². The van der Waals surface area contributed by atoms with Gasteiger partial charge in [-0.1, -0.05) is 12.8 Å². The number of carbonyl (C=O) groups is 2. The lowest BCUT2D eigenvalue weighted by atomic mass is 10.0. The summed E-state index contributed by atoms with van der Waals surface area (Å²) >= 11 is 0. The van der Waals surface area contributed by atoms with E-state index in [0.29, 0.717) is 37.9 Å². The maximum Gasteiger partial charge on any atom is 0.234 e. The van der Waals surface area contributed by atoms with Crippen LogP contribution in [0.15, 0.2) is 24.3 Å². The third-order valence-corrected chi connectivity index (χ3v) is 4.38. The van der Waals surface area contributed by atoms with E-state index in [1.165, 1.54) is 0 Å². The number of methoxy groups -OCH3 is 1. The zero-order chi connectivity index (χ0) is 18.1. The summed E-state index contributed by atoms with van der Waals surface area (Å²) in [5.74, 6) is 0.824. The van der Waals surface area contributed by atoms with Crippen LogP contribution in [0.3, 0.4) is 0 Å². The van der Waals surface area contributed by atoms with E-state index >= 15 is 0 Å². The van der Waals surface area contributed by atoms with E-state index in [1.807, 2.05) is 0 Å². The number of ether oxygens (including phenoxy) is 1. The van der Waals surface area contributed by atoms with Crippen molar-refractivity contribution in [3.8, 4) is 5.75 Å². The van der Waals surface area contributed by atoms with Gasteiger partial charge in [-0.2, -0.15) is 0 Å². The maximum atomic E-state index is 13.0. The molecule has 1 unspecified atom stereocenters. The fourth-order valence-corrected chi connectivity index (χ4v) is 2.90. The van der Waals surface area contributed by atoms with Gasteiger partial charge in [0.05, 0.1) is 7.11 Å². The van der Waals surface area contributed by atoms with Gasteiger partial charge >= 0.3 is 0 Å². The Balaban J connectivity index is 1.52. The Hall–Kier alpha value is -1.95. The molecule has 1 heterocycles. The standard InChI is InChI=1S/C19H27FN2O3/c1-25-17-10-8-15(9-11-17)18(23)6-4-2-3-5-7-19(24)21-22-13-12-16(20)14-22/h8-11,16H,2-7,12-14H2,1H3,(H,21,24). The lowest BCUT2D eigenvalue weighted by Crippen LogP contribution is -2.40. The van der Waals surface area contributed by atoms with Crippen molar-refractivity contribution in [1.29, 1.82) is 0 Å². The van der Waals surface area contributed by atoms with Gasteiger partial charge in [-0.25, -0.2) is 9.40 Å². The number of alkyl halides is 1. The summed E-state index contributed by atoms with van der Waals surface area (Å²) in [6.45, 7) is 0.875. The van der Waals surface area contributed by atoms with E-state index in [-0.39, 0.29) is 11.7 Å². The van der Waals surface area contributed by atoms with Crippen LogP contribution in [0.4, 0.5) is 4.39 Å². The number of hydrazine groups is 1. The van der Waals surface area contributed by atoms with Crippen LogP contribution in [-0.2, 0) is 4.79 Å². The van der Waals surface area contributed by atoms with E-state index in [9.17, 15) is 14.0 Å². The summed E-state index contributed by atoms with van der Waals surface area (Å²) in [7, 11) is 1.60. The summed E-state index contributed by atoms with van der Waals surface area (Å²) < 4.78 is 18.1. The lowest BCUT2D eigenvalue weighted by Gasteiger charge is -2.15. The molecule has 0 saturated carbocycles. The molecule has 2 rings (SSSR count). The average molecular weight is 350 g/mol. The van der Waals surface area contributed by atoms with Crippen LogP contribution in [0.1, 0.15) is 55.3 Å². The first-order valence-corrected chi connectivity index (χ1v) is 8.94. The number of halogens is 1. The Labute approximate surface area is 148 Å². The van der Waals surface area contributed by atoms with Crippen molar-refractivity contribution in [2.75, 3.05) is 20.2 Å². The third kappa shape index (κ3) is 6.82. The summed E-state index contributed by atoms with van der Waals surface area (Å²) in [5.41, 5.74) is 3.44. The molecule has 1 aliphatic heterocycles. The summed E-state index contributed by atoms with van der Waals surface area (Å²) in [6.07, 6.45) is 4.06. The van der Waals surface area contributed by atoms with Crippen molar-refractivity contribution in [2.24, 2.45) is 0 Å². The predicted octanol–water partition coefficient (Wildman–Crippen LogP) is 3.29. The minimum atomic E-state index is -0.830. The van der Waals surface area contributed by atoms with Crippen molar-refractivity contribution in [3.05, 3.63) is 29.8 Å². The SMILES string of the molecule is COc1ccc(C(=O)CCCCCCC(=O)NN2CCC(F)C2)cc1. The average Bonchev–Trinajstić information content (AvgIpc) is 3.02. The fraction of sp³-hybridized carbons (Fsp3) is 0.579. The number of ketones is 1. The molecular weight excluding hydrogens is 323 g/mol. The molecule has 1 fully saturated rings. The van der Waals surface area contributed by atoms with Gasteiger partial charge in [0.25, 0.3) is 0 Å². The molecular formula is C19H27FN2O3. The highest BCUT2D eigenvalue weighted by molar-refractivity contribution is 5.96. The van der Waals surface area contributed by atoms with Crippen LogP contribution < -0.4 is 10.2 Å². The fourth-order valence-electron chi connectivity index (χ4n) is 2.90. The minimum absolute atomic E-state index is 0.0524.